The number of fused-ring (bicyclic) bond motifs is 1. The molecule has 0 aliphatic heterocycles. The van der Waals surface area contributed by atoms with Gasteiger partial charge in [-0.05, 0) is 61.4 Å². The minimum absolute atomic E-state index is 0.0315. The molecule has 1 aromatic heterocycles. The smallest absolute Gasteiger partial charge is 0.326 e. The van der Waals surface area contributed by atoms with Crippen molar-refractivity contribution in [3.05, 3.63) is 108 Å². The summed E-state index contributed by atoms with van der Waals surface area (Å²) in [6.45, 7) is 0.561. The van der Waals surface area contributed by atoms with Crippen molar-refractivity contribution < 1.29 is 38.7 Å². The Bertz CT molecular complexity index is 2250. The summed E-state index contributed by atoms with van der Waals surface area (Å²) in [5.41, 5.74) is 30.7. The number of unbranched alkanes of at least 4 members (excludes halogenated alkanes) is 1. The number of nitrogens with two attached hydrogens (primary N) is 5. The number of hydrogen-bond donors (Lipinski definition) is 12. The molecule has 348 valence electrons. The maximum Gasteiger partial charge on any atom is 0.326 e. The number of guanidine groups is 1. The molecule has 6 unspecified atom stereocenters. The van der Waals surface area contributed by atoms with Crippen LogP contribution >= 0.6 is 0 Å². The number of carbonyl (C=O) groups excluding carboxylic acids is 6. The van der Waals surface area contributed by atoms with Crippen LogP contribution in [0.25, 0.3) is 10.9 Å². The SMILES string of the molecule is NCCCCC(NC(=O)C(Cc1ccccc1)NC(=O)C(Cc1c[nH]c2ccccc12)NC(=O)C(CC(N)=O)NC(=O)C(Cc1ccccc1)NC(=O)C(N)CCCN=C(N)N)C(=O)O. The van der Waals surface area contributed by atoms with Crippen LogP contribution in [-0.4, -0.2) is 107 Å². The molecule has 4 aromatic rings. The van der Waals surface area contributed by atoms with Crippen LogP contribution in [0.3, 0.4) is 0 Å². The highest BCUT2D eigenvalue weighted by atomic mass is 16.4. The third-order valence-corrected chi connectivity index (χ3v) is 10.5. The van der Waals surface area contributed by atoms with Gasteiger partial charge in [-0.15, -0.1) is 0 Å². The molecular formula is C45H60N12O8. The van der Waals surface area contributed by atoms with Crippen LogP contribution in [0, 0.1) is 0 Å². The van der Waals surface area contributed by atoms with Crippen molar-refractivity contribution in [2.75, 3.05) is 13.1 Å². The molecule has 0 spiro atoms. The number of hydrogen-bond acceptors (Lipinski definition) is 10. The maximum atomic E-state index is 14.5. The zero-order chi connectivity index (χ0) is 47.3. The maximum absolute atomic E-state index is 14.5. The largest absolute Gasteiger partial charge is 0.480 e. The molecule has 0 saturated carbocycles. The number of para-hydroxylation sites is 1. The van der Waals surface area contributed by atoms with Crippen LogP contribution in [0.4, 0.5) is 0 Å². The second kappa shape index (κ2) is 25.7. The second-order valence-electron chi connectivity index (χ2n) is 15.6. The van der Waals surface area contributed by atoms with E-state index in [0.29, 0.717) is 42.5 Å². The number of benzene rings is 3. The van der Waals surface area contributed by atoms with Gasteiger partial charge in [0.25, 0.3) is 0 Å². The van der Waals surface area contributed by atoms with E-state index in [9.17, 15) is 38.7 Å². The highest BCUT2D eigenvalue weighted by molar-refractivity contribution is 5.98. The number of carboxylic acid groups (broad SMARTS) is 1. The van der Waals surface area contributed by atoms with Gasteiger partial charge >= 0.3 is 5.97 Å². The molecule has 0 bridgehead atoms. The van der Waals surface area contributed by atoms with Crippen LogP contribution in [0.2, 0.25) is 0 Å². The molecule has 4 rings (SSSR count). The number of aliphatic carboxylic acids is 1. The number of aliphatic imine (C=N–C) groups is 1. The van der Waals surface area contributed by atoms with Gasteiger partial charge in [0.15, 0.2) is 5.96 Å². The van der Waals surface area contributed by atoms with Crippen molar-refractivity contribution in [3.8, 4) is 0 Å². The molecule has 20 nitrogen and oxygen atoms in total. The normalized spacial score (nSPS) is 13.8. The molecule has 0 fully saturated rings. The van der Waals surface area contributed by atoms with E-state index in [2.05, 4.69) is 36.6 Å². The van der Waals surface area contributed by atoms with Gasteiger partial charge in [0.2, 0.25) is 35.4 Å². The van der Waals surface area contributed by atoms with Crippen LogP contribution in [0.1, 0.15) is 55.2 Å². The van der Waals surface area contributed by atoms with Crippen molar-refractivity contribution in [2.24, 2.45) is 33.7 Å². The van der Waals surface area contributed by atoms with Gasteiger partial charge in [0.1, 0.15) is 30.2 Å². The Balaban J connectivity index is 1.63. The number of carbonyl (C=O) groups is 7. The lowest BCUT2D eigenvalue weighted by molar-refractivity contribution is -0.142. The van der Waals surface area contributed by atoms with Gasteiger partial charge in [-0.2, -0.15) is 0 Å². The number of aromatic amines is 1. The number of amides is 6. The predicted molar refractivity (Wildman–Crippen MR) is 244 cm³/mol. The Morgan fingerprint density at radius 2 is 1.08 bits per heavy atom. The molecule has 17 N–H and O–H groups in total. The zero-order valence-corrected chi connectivity index (χ0v) is 36.0. The van der Waals surface area contributed by atoms with Gasteiger partial charge in [-0.25, -0.2) is 4.79 Å². The molecule has 6 amide bonds. The summed E-state index contributed by atoms with van der Waals surface area (Å²) in [5.74, 6) is -6.45. The summed E-state index contributed by atoms with van der Waals surface area (Å²) in [6.07, 6.45) is 2.36. The summed E-state index contributed by atoms with van der Waals surface area (Å²) < 4.78 is 0. The molecule has 6 atom stereocenters. The first-order valence-electron chi connectivity index (χ1n) is 21.3. The number of carboxylic acids is 1. The molecular weight excluding hydrogens is 837 g/mol. The monoisotopic (exact) mass is 896 g/mol. The topological polar surface area (TPSA) is 358 Å². The van der Waals surface area contributed by atoms with Crippen molar-refractivity contribution in [1.82, 2.24) is 31.6 Å². The number of nitrogens with zero attached hydrogens (tertiary/aromatic N) is 1. The van der Waals surface area contributed by atoms with Gasteiger partial charge in [0, 0.05) is 42.9 Å². The Labute approximate surface area is 376 Å². The molecule has 0 saturated heterocycles. The molecule has 20 heteroatoms. The number of H-pyrrole nitrogens is 1. The fourth-order valence-corrected chi connectivity index (χ4v) is 7.03. The Hall–Kier alpha value is -7.32. The van der Waals surface area contributed by atoms with Crippen molar-refractivity contribution in [3.63, 3.8) is 0 Å². The lowest BCUT2D eigenvalue weighted by atomic mass is 10.0. The quantitative estimate of drug-likeness (QED) is 0.0197. The number of primary amides is 1. The fraction of sp³-hybridized carbons (Fsp3) is 0.378. The third-order valence-electron chi connectivity index (χ3n) is 10.5. The van der Waals surface area contributed by atoms with E-state index in [-0.39, 0.29) is 44.6 Å². The lowest BCUT2D eigenvalue weighted by Crippen LogP contribution is -2.60. The minimum Gasteiger partial charge on any atom is -0.480 e. The average molecular weight is 897 g/mol. The van der Waals surface area contributed by atoms with E-state index in [0.717, 1.165) is 10.9 Å². The first-order valence-corrected chi connectivity index (χ1v) is 21.3. The molecule has 0 aliphatic rings. The van der Waals surface area contributed by atoms with Crippen LogP contribution < -0.4 is 55.3 Å². The van der Waals surface area contributed by atoms with Gasteiger partial charge in [0.05, 0.1) is 12.5 Å². The number of rotatable bonds is 27. The minimum atomic E-state index is -1.64. The van der Waals surface area contributed by atoms with E-state index in [4.69, 9.17) is 28.7 Å². The fourth-order valence-electron chi connectivity index (χ4n) is 7.03. The molecule has 0 radical (unpaired) electrons. The predicted octanol–water partition coefficient (Wildman–Crippen LogP) is -0.910. The van der Waals surface area contributed by atoms with E-state index in [1.54, 1.807) is 72.9 Å². The highest BCUT2D eigenvalue weighted by Crippen LogP contribution is 2.20. The number of aromatic nitrogens is 1. The third kappa shape index (κ3) is 16.7. The first kappa shape index (κ1) is 50.3. The van der Waals surface area contributed by atoms with Gasteiger partial charge in [-0.3, -0.25) is 33.8 Å². The molecule has 1 heterocycles. The highest BCUT2D eigenvalue weighted by Gasteiger charge is 2.34. The van der Waals surface area contributed by atoms with Gasteiger partial charge < -0.3 is 65.3 Å². The summed E-state index contributed by atoms with van der Waals surface area (Å²) >= 11 is 0. The van der Waals surface area contributed by atoms with Gasteiger partial charge in [-0.1, -0.05) is 78.9 Å². The lowest BCUT2D eigenvalue weighted by Gasteiger charge is -2.27. The molecule has 3 aromatic carbocycles. The van der Waals surface area contributed by atoms with Crippen molar-refractivity contribution >= 4 is 58.3 Å². The summed E-state index contributed by atoms with van der Waals surface area (Å²) in [5, 5.41) is 23.7. The van der Waals surface area contributed by atoms with Crippen LogP contribution in [0.5, 0.6) is 0 Å². The van der Waals surface area contributed by atoms with E-state index >= 15 is 0 Å². The average Bonchev–Trinajstić information content (AvgIpc) is 3.69. The van der Waals surface area contributed by atoms with Crippen LogP contribution in [0.15, 0.2) is 96.1 Å². The molecule has 65 heavy (non-hydrogen) atoms. The van der Waals surface area contributed by atoms with E-state index in [1.807, 2.05) is 18.2 Å². The van der Waals surface area contributed by atoms with E-state index in [1.165, 1.54) is 0 Å². The zero-order valence-electron chi connectivity index (χ0n) is 36.0. The van der Waals surface area contributed by atoms with Crippen LogP contribution in [-0.2, 0) is 52.8 Å². The summed E-state index contributed by atoms with van der Waals surface area (Å²) in [6, 6.07) is 16.7. The van der Waals surface area contributed by atoms with E-state index < -0.39 is 84.1 Å². The Morgan fingerprint density at radius 3 is 1.62 bits per heavy atom. The summed E-state index contributed by atoms with van der Waals surface area (Å²) in [7, 11) is 0. The number of nitrogens with one attached hydrogen (secondary N) is 6. The molecule has 0 aliphatic carbocycles. The summed E-state index contributed by atoms with van der Waals surface area (Å²) in [4.78, 5) is 102. The standard InChI is InChI=1S/C45H60N12O8/c46-20-10-9-19-33(44(64)65)53-40(60)35(23-28-14-5-2-6-15-28)55-42(62)36(24-29-26-52-32-18-8-7-16-30(29)32)56-43(63)37(25-38(48)58)57-41(61)34(22-27-12-3-1-4-13-27)54-39(59)31(47)17-11-21-51-45(49)50/h1-8,12-16,18,26,31,33-37,52H,9-11,17,19-25,46-47H2,(H2,48,58)(H,53,60)(H,54,59)(H,55,62)(H,56,63)(H,57,61)(H,64,65)(H4,49,50,51). The first-order chi connectivity index (χ1) is 31.1. The Kier molecular flexibility index (Phi) is 19.9. The van der Waals surface area contributed by atoms with Crippen molar-refractivity contribution in [1.29, 1.82) is 0 Å². The van der Waals surface area contributed by atoms with Crippen molar-refractivity contribution in [2.45, 2.75) is 94.0 Å². The Morgan fingerprint density at radius 1 is 0.585 bits per heavy atom. The second-order valence-corrected chi connectivity index (χ2v) is 15.6.